The lowest BCUT2D eigenvalue weighted by molar-refractivity contribution is -0.0832. The minimum absolute atomic E-state index is 0.0347. The summed E-state index contributed by atoms with van der Waals surface area (Å²) in [5.41, 5.74) is 0.712. The highest BCUT2D eigenvalue weighted by Gasteiger charge is 2.32. The maximum absolute atomic E-state index is 14.2. The van der Waals surface area contributed by atoms with Gasteiger partial charge < -0.3 is 30.1 Å². The van der Waals surface area contributed by atoms with Crippen LogP contribution in [0.15, 0.2) is 42.5 Å². The summed E-state index contributed by atoms with van der Waals surface area (Å²) in [5, 5.41) is 32.5. The first-order valence-corrected chi connectivity index (χ1v) is 10.8. The number of ether oxygens (including phenoxy) is 2. The molecule has 0 amide bonds. The zero-order chi connectivity index (χ0) is 23.4. The highest BCUT2D eigenvalue weighted by Crippen LogP contribution is 2.30. The molecule has 178 valence electrons. The van der Waals surface area contributed by atoms with E-state index in [0.29, 0.717) is 36.4 Å². The first-order chi connectivity index (χ1) is 15.4. The maximum atomic E-state index is 14.2. The van der Waals surface area contributed by atoms with E-state index < -0.39 is 18.6 Å². The molecule has 2 aromatic carbocycles. The molecule has 0 aliphatic rings. The van der Waals surface area contributed by atoms with E-state index in [1.807, 2.05) is 0 Å². The van der Waals surface area contributed by atoms with Crippen molar-refractivity contribution in [2.24, 2.45) is 0 Å². The molecule has 1 atom stereocenters. The Balaban J connectivity index is 1.55. The van der Waals surface area contributed by atoms with Gasteiger partial charge in [-0.1, -0.05) is 37.1 Å². The van der Waals surface area contributed by atoms with Crippen molar-refractivity contribution in [2.75, 3.05) is 33.4 Å². The molecule has 0 heterocycles. The minimum atomic E-state index is -3.06. The molecule has 2 aromatic rings. The first kappa shape index (κ1) is 26.0. The lowest BCUT2D eigenvalue weighted by Crippen LogP contribution is -2.23. The van der Waals surface area contributed by atoms with Crippen LogP contribution in [0.25, 0.3) is 0 Å². The van der Waals surface area contributed by atoms with Gasteiger partial charge in [-0.05, 0) is 43.1 Å². The van der Waals surface area contributed by atoms with Crippen molar-refractivity contribution in [3.05, 3.63) is 59.2 Å². The molecular formula is C24H33F2NO5. The van der Waals surface area contributed by atoms with Crippen LogP contribution in [0.5, 0.6) is 11.5 Å². The van der Waals surface area contributed by atoms with Crippen LogP contribution < -0.4 is 10.1 Å². The van der Waals surface area contributed by atoms with Crippen molar-refractivity contribution in [3.63, 3.8) is 0 Å². The van der Waals surface area contributed by atoms with E-state index in [9.17, 15) is 24.1 Å². The smallest absolute Gasteiger partial charge is 0.296 e. The number of rotatable bonds is 15. The first-order valence-electron chi connectivity index (χ1n) is 10.8. The van der Waals surface area contributed by atoms with Crippen molar-refractivity contribution in [3.8, 4) is 11.5 Å². The van der Waals surface area contributed by atoms with Gasteiger partial charge in [-0.2, -0.15) is 8.78 Å². The second-order valence-corrected chi connectivity index (χ2v) is 7.63. The van der Waals surface area contributed by atoms with Crippen LogP contribution in [0.1, 0.15) is 48.5 Å². The van der Waals surface area contributed by atoms with Crippen molar-refractivity contribution < 1.29 is 33.6 Å². The van der Waals surface area contributed by atoms with Crippen molar-refractivity contribution in [1.29, 1.82) is 0 Å². The molecule has 0 aliphatic carbocycles. The quantitative estimate of drug-likeness (QED) is 0.306. The number of benzene rings is 2. The summed E-state index contributed by atoms with van der Waals surface area (Å²) in [6, 6.07) is 10.6. The third-order valence-electron chi connectivity index (χ3n) is 5.21. The Morgan fingerprint density at radius 3 is 2.56 bits per heavy atom. The van der Waals surface area contributed by atoms with E-state index in [4.69, 9.17) is 9.47 Å². The van der Waals surface area contributed by atoms with Gasteiger partial charge in [0.05, 0.1) is 19.8 Å². The Hall–Kier alpha value is -2.26. The lowest BCUT2D eigenvalue weighted by Gasteiger charge is -2.17. The highest BCUT2D eigenvalue weighted by atomic mass is 19.3. The normalized spacial score (nSPS) is 12.7. The molecule has 0 saturated heterocycles. The Labute approximate surface area is 187 Å². The number of methoxy groups -OCH3 is 1. The highest BCUT2D eigenvalue weighted by molar-refractivity contribution is 5.40. The molecule has 0 fully saturated rings. The van der Waals surface area contributed by atoms with Gasteiger partial charge in [0.1, 0.15) is 18.1 Å². The van der Waals surface area contributed by atoms with Crippen molar-refractivity contribution in [1.82, 2.24) is 5.32 Å². The van der Waals surface area contributed by atoms with Gasteiger partial charge in [-0.15, -0.1) is 0 Å². The van der Waals surface area contributed by atoms with E-state index in [1.165, 1.54) is 31.4 Å². The van der Waals surface area contributed by atoms with Crippen LogP contribution in [0.2, 0.25) is 0 Å². The molecule has 0 bridgehead atoms. The molecule has 0 spiro atoms. The Morgan fingerprint density at radius 1 is 1.06 bits per heavy atom. The second-order valence-electron chi connectivity index (χ2n) is 7.63. The van der Waals surface area contributed by atoms with Crippen molar-refractivity contribution in [2.45, 2.75) is 44.3 Å². The molecule has 0 saturated carbocycles. The van der Waals surface area contributed by atoms with E-state index in [0.717, 1.165) is 19.3 Å². The number of halogens is 2. The second kappa shape index (κ2) is 13.3. The number of alkyl halides is 2. The number of hydrogen-bond donors (Lipinski definition) is 4. The number of unbranched alkanes of at least 4 members (excludes halogenated alkanes) is 3. The van der Waals surface area contributed by atoms with Gasteiger partial charge in [0.15, 0.2) is 0 Å². The van der Waals surface area contributed by atoms with Gasteiger partial charge in [-0.3, -0.25) is 0 Å². The number of aliphatic hydroxyl groups excluding tert-OH is 2. The summed E-state index contributed by atoms with van der Waals surface area (Å²) in [6.45, 7) is 0.266. The number of nitrogens with one attached hydrogen (secondary N) is 1. The average Bonchev–Trinajstić information content (AvgIpc) is 2.79. The molecule has 0 aliphatic heterocycles. The number of hydrogen-bond acceptors (Lipinski definition) is 6. The molecule has 2 rings (SSSR count). The van der Waals surface area contributed by atoms with Crippen LogP contribution in [0.4, 0.5) is 8.78 Å². The molecular weight excluding hydrogens is 420 g/mol. The fourth-order valence-corrected chi connectivity index (χ4v) is 3.37. The number of aromatic hydroxyl groups is 1. The fourth-order valence-electron chi connectivity index (χ4n) is 3.37. The molecule has 0 radical (unpaired) electrons. The molecule has 0 aromatic heterocycles. The SMILES string of the molecule is COc1cccc(C(F)(F)COCCCCCCNCC(O)c2cccc(O)c2CO)c1. The van der Waals surface area contributed by atoms with Crippen LogP contribution >= 0.6 is 0 Å². The monoisotopic (exact) mass is 453 g/mol. The number of aliphatic hydroxyl groups is 2. The van der Waals surface area contributed by atoms with E-state index >= 15 is 0 Å². The Kier molecular flexibility index (Phi) is 10.8. The third-order valence-corrected chi connectivity index (χ3v) is 5.21. The maximum Gasteiger partial charge on any atom is 0.296 e. The average molecular weight is 454 g/mol. The van der Waals surface area contributed by atoms with Crippen molar-refractivity contribution >= 4 is 0 Å². The van der Waals surface area contributed by atoms with Gasteiger partial charge >= 0.3 is 0 Å². The molecule has 32 heavy (non-hydrogen) atoms. The van der Waals surface area contributed by atoms with Gasteiger partial charge in [0, 0.05) is 24.3 Å². The summed E-state index contributed by atoms with van der Waals surface area (Å²) in [6.07, 6.45) is 2.51. The Morgan fingerprint density at radius 2 is 1.81 bits per heavy atom. The summed E-state index contributed by atoms with van der Waals surface area (Å²) in [7, 11) is 1.44. The largest absolute Gasteiger partial charge is 0.508 e. The van der Waals surface area contributed by atoms with Gasteiger partial charge in [0.2, 0.25) is 0 Å². The number of phenols is 1. The standard InChI is InChI=1S/C24H33F2NO5/c1-31-19-9-6-8-18(14-19)24(25,26)17-32-13-5-3-2-4-12-27-15-23(30)20-10-7-11-22(29)21(20)16-28/h6-11,14,23,27-30H,2-5,12-13,15-17H2,1H3. The predicted molar refractivity (Wildman–Crippen MR) is 118 cm³/mol. The minimum Gasteiger partial charge on any atom is -0.508 e. The van der Waals surface area contributed by atoms with Gasteiger partial charge in [-0.25, -0.2) is 0 Å². The summed E-state index contributed by atoms with van der Waals surface area (Å²) in [5.74, 6) is -2.71. The van der Waals surface area contributed by atoms with Gasteiger partial charge in [0.25, 0.3) is 5.92 Å². The Bertz CT molecular complexity index is 819. The molecule has 6 nitrogen and oxygen atoms in total. The molecule has 8 heteroatoms. The van der Waals surface area contributed by atoms with Crippen LogP contribution in [-0.2, 0) is 17.3 Å². The van der Waals surface area contributed by atoms with Crippen LogP contribution in [-0.4, -0.2) is 48.7 Å². The molecule has 4 N–H and O–H groups in total. The zero-order valence-corrected chi connectivity index (χ0v) is 18.4. The lowest BCUT2D eigenvalue weighted by atomic mass is 10.0. The van der Waals surface area contributed by atoms with E-state index in [1.54, 1.807) is 18.2 Å². The fraction of sp³-hybridized carbons (Fsp3) is 0.500. The van der Waals surface area contributed by atoms with Crippen LogP contribution in [0, 0.1) is 0 Å². The zero-order valence-electron chi connectivity index (χ0n) is 18.4. The van der Waals surface area contributed by atoms with Crippen LogP contribution in [0.3, 0.4) is 0 Å². The summed E-state index contributed by atoms with van der Waals surface area (Å²) < 4.78 is 38.6. The van der Waals surface area contributed by atoms with E-state index in [2.05, 4.69) is 5.32 Å². The summed E-state index contributed by atoms with van der Waals surface area (Å²) >= 11 is 0. The summed E-state index contributed by atoms with van der Waals surface area (Å²) in [4.78, 5) is 0. The molecule has 1 unspecified atom stereocenters. The predicted octanol–water partition coefficient (Wildman–Crippen LogP) is 3.89. The topological polar surface area (TPSA) is 91.2 Å². The third kappa shape index (κ3) is 8.02. The van der Waals surface area contributed by atoms with E-state index in [-0.39, 0.29) is 24.5 Å².